The van der Waals surface area contributed by atoms with E-state index in [1.165, 1.54) is 24.0 Å². The largest absolute Gasteiger partial charge is 0.461 e. The molecule has 0 aromatic carbocycles. The van der Waals surface area contributed by atoms with E-state index in [0.29, 0.717) is 12.2 Å². The number of nitrogens with zero attached hydrogens (tertiary/aromatic N) is 2. The zero-order valence-corrected chi connectivity index (χ0v) is 18.3. The second kappa shape index (κ2) is 9.97. The van der Waals surface area contributed by atoms with Crippen LogP contribution in [0.5, 0.6) is 0 Å². The predicted octanol–water partition coefficient (Wildman–Crippen LogP) is 4.93. The summed E-state index contributed by atoms with van der Waals surface area (Å²) in [7, 11) is 0. The summed E-state index contributed by atoms with van der Waals surface area (Å²) in [6.07, 6.45) is 11.4. The molecule has 0 spiro atoms. The van der Waals surface area contributed by atoms with Gasteiger partial charge in [0.25, 0.3) is 0 Å². The van der Waals surface area contributed by atoms with Gasteiger partial charge in [-0.15, -0.1) is 0 Å². The molecule has 1 aromatic heterocycles. The number of nitrogens with one attached hydrogen (secondary N) is 1. The molecule has 0 saturated carbocycles. The molecule has 0 amide bonds. The van der Waals surface area contributed by atoms with Gasteiger partial charge in [-0.25, -0.2) is 4.98 Å². The second-order valence-corrected chi connectivity index (χ2v) is 8.34. The van der Waals surface area contributed by atoms with Crippen LogP contribution in [0.15, 0.2) is 53.6 Å². The molecule has 2 fully saturated rings. The first-order valence-electron chi connectivity index (χ1n) is 10.8. The van der Waals surface area contributed by atoms with Gasteiger partial charge in [0.1, 0.15) is 17.3 Å². The maximum Gasteiger partial charge on any atom is 0.229 e. The van der Waals surface area contributed by atoms with Crippen molar-refractivity contribution in [2.24, 2.45) is 5.41 Å². The summed E-state index contributed by atoms with van der Waals surface area (Å²) in [6, 6.07) is 4.32. The fourth-order valence-electron chi connectivity index (χ4n) is 3.98. The second-order valence-electron chi connectivity index (χ2n) is 8.34. The number of anilines is 1. The van der Waals surface area contributed by atoms with Crippen molar-refractivity contribution in [3.63, 3.8) is 0 Å². The van der Waals surface area contributed by atoms with Gasteiger partial charge in [0.15, 0.2) is 0 Å². The lowest BCUT2D eigenvalue weighted by atomic mass is 9.84. The van der Waals surface area contributed by atoms with E-state index in [1.54, 1.807) is 0 Å². The van der Waals surface area contributed by atoms with Gasteiger partial charge >= 0.3 is 0 Å². The van der Waals surface area contributed by atoms with Crippen LogP contribution in [-0.4, -0.2) is 31.4 Å². The molecule has 2 aliphatic heterocycles. The quantitative estimate of drug-likeness (QED) is 0.764. The highest BCUT2D eigenvalue weighted by Gasteiger charge is 2.27. The fraction of sp³-hybridized carbons (Fsp3) is 0.542. The van der Waals surface area contributed by atoms with E-state index < -0.39 is 0 Å². The van der Waals surface area contributed by atoms with Gasteiger partial charge in [0.05, 0.1) is 6.42 Å². The fourth-order valence-corrected chi connectivity index (χ4v) is 3.98. The zero-order chi connectivity index (χ0) is 20.7. The molecule has 29 heavy (non-hydrogen) atoms. The Bertz CT molecular complexity index is 780. The Morgan fingerprint density at radius 1 is 1.21 bits per heavy atom. The van der Waals surface area contributed by atoms with Gasteiger partial charge in [0.2, 0.25) is 6.79 Å². The zero-order valence-electron chi connectivity index (χ0n) is 18.3. The van der Waals surface area contributed by atoms with E-state index >= 15 is 0 Å². The Balaban J connectivity index is 0.00000117. The minimum absolute atomic E-state index is 0.312. The minimum atomic E-state index is 0.312. The van der Waals surface area contributed by atoms with Crippen LogP contribution in [0.3, 0.4) is 0 Å². The first-order valence-corrected chi connectivity index (χ1v) is 10.8. The first-order chi connectivity index (χ1) is 14.1. The van der Waals surface area contributed by atoms with E-state index in [0.717, 1.165) is 49.9 Å². The Labute approximate surface area is 175 Å². The van der Waals surface area contributed by atoms with E-state index in [2.05, 4.69) is 47.3 Å². The minimum Gasteiger partial charge on any atom is -0.461 e. The predicted molar refractivity (Wildman–Crippen MR) is 118 cm³/mol. The third kappa shape index (κ3) is 5.86. The molecule has 1 aromatic rings. The van der Waals surface area contributed by atoms with Gasteiger partial charge in [-0.3, -0.25) is 0 Å². The molecule has 1 N–H and O–H groups in total. The van der Waals surface area contributed by atoms with E-state index in [1.807, 2.05) is 32.2 Å². The van der Waals surface area contributed by atoms with Crippen LogP contribution in [-0.2, 0) is 16.0 Å². The highest BCUT2D eigenvalue weighted by atomic mass is 16.7. The third-order valence-corrected chi connectivity index (χ3v) is 5.43. The van der Waals surface area contributed by atoms with Crippen molar-refractivity contribution in [3.05, 3.63) is 59.2 Å². The lowest BCUT2D eigenvalue weighted by Crippen LogP contribution is -2.40. The van der Waals surface area contributed by atoms with E-state index in [4.69, 9.17) is 9.47 Å². The lowest BCUT2D eigenvalue weighted by Gasteiger charge is -2.38. The van der Waals surface area contributed by atoms with Crippen LogP contribution in [0.1, 0.15) is 52.5 Å². The van der Waals surface area contributed by atoms with Gasteiger partial charge < -0.3 is 19.7 Å². The normalized spacial score (nSPS) is 20.0. The molecule has 0 radical (unpaired) electrons. The Morgan fingerprint density at radius 3 is 2.90 bits per heavy atom. The topological polar surface area (TPSA) is 46.6 Å². The molecule has 3 aliphatic rings. The summed E-state index contributed by atoms with van der Waals surface area (Å²) in [5.41, 5.74) is 2.82. The maximum absolute atomic E-state index is 5.67. The van der Waals surface area contributed by atoms with E-state index in [9.17, 15) is 0 Å². The molecule has 1 aliphatic carbocycles. The van der Waals surface area contributed by atoms with Gasteiger partial charge in [-0.2, -0.15) is 0 Å². The standard InChI is InChI=1S/C22H29N3O2.C2H6/c1-22(2)8-4-10-25(15-22)21-11-17(7-9-24-21)13-23-14-18-5-3-6-19-12-20(18)27-16-26-19;1-2/h3,5-7,9,11,23H,4,8,10,12-16H2,1-2H3;1-2H3. The number of pyridine rings is 1. The number of piperidine rings is 1. The summed E-state index contributed by atoms with van der Waals surface area (Å²) in [4.78, 5) is 7.04. The molecule has 4 rings (SSSR count). The van der Waals surface area contributed by atoms with Crippen LogP contribution in [0.25, 0.3) is 0 Å². The van der Waals surface area contributed by atoms with E-state index in [-0.39, 0.29) is 0 Å². The molecular formula is C24H35N3O2. The lowest BCUT2D eigenvalue weighted by molar-refractivity contribution is -0.0220. The van der Waals surface area contributed by atoms with Gasteiger partial charge in [0, 0.05) is 37.9 Å². The first kappa shape index (κ1) is 21.4. The number of ether oxygens (including phenoxy) is 2. The smallest absolute Gasteiger partial charge is 0.229 e. The van der Waals surface area contributed by atoms with Crippen molar-refractivity contribution in [3.8, 4) is 0 Å². The van der Waals surface area contributed by atoms with Gasteiger partial charge in [-0.05, 0) is 42.0 Å². The van der Waals surface area contributed by atoms with Crippen molar-refractivity contribution >= 4 is 5.82 Å². The Morgan fingerprint density at radius 2 is 2.07 bits per heavy atom. The highest BCUT2D eigenvalue weighted by molar-refractivity contribution is 5.42. The molecular weight excluding hydrogens is 362 g/mol. The van der Waals surface area contributed by atoms with Crippen molar-refractivity contribution in [1.82, 2.24) is 10.3 Å². The monoisotopic (exact) mass is 397 g/mol. The molecule has 5 nitrogen and oxygen atoms in total. The molecule has 2 saturated heterocycles. The number of hydrogen-bond acceptors (Lipinski definition) is 5. The summed E-state index contributed by atoms with van der Waals surface area (Å²) >= 11 is 0. The van der Waals surface area contributed by atoms with Crippen molar-refractivity contribution in [2.45, 2.75) is 53.5 Å². The number of rotatable bonds is 5. The SMILES string of the molecule is CC.CC1(C)CCCN(c2cc(CNCC3=C4CC(=CC=C3)OCO4)ccn2)C1. The molecule has 0 unspecified atom stereocenters. The molecule has 2 bridgehead atoms. The third-order valence-electron chi connectivity index (χ3n) is 5.43. The molecule has 3 heterocycles. The Kier molecular flexibility index (Phi) is 7.37. The summed E-state index contributed by atoms with van der Waals surface area (Å²) in [5, 5.41) is 3.55. The maximum atomic E-state index is 5.67. The average molecular weight is 398 g/mol. The number of hydrogen-bond donors (Lipinski definition) is 1. The van der Waals surface area contributed by atoms with Crippen LogP contribution in [0, 0.1) is 5.41 Å². The van der Waals surface area contributed by atoms with Gasteiger partial charge in [-0.1, -0.05) is 39.8 Å². The van der Waals surface area contributed by atoms with Crippen LogP contribution in [0.2, 0.25) is 0 Å². The van der Waals surface area contributed by atoms with Crippen LogP contribution >= 0.6 is 0 Å². The molecule has 158 valence electrons. The highest BCUT2D eigenvalue weighted by Crippen LogP contribution is 2.31. The van der Waals surface area contributed by atoms with Crippen molar-refractivity contribution < 1.29 is 9.47 Å². The summed E-state index contributed by atoms with van der Waals surface area (Å²) in [5.74, 6) is 3.09. The van der Waals surface area contributed by atoms with Crippen molar-refractivity contribution in [2.75, 3.05) is 31.3 Å². The van der Waals surface area contributed by atoms with Crippen LogP contribution < -0.4 is 10.2 Å². The Hall–Kier alpha value is -2.27. The average Bonchev–Trinajstić information content (AvgIpc) is 2.87. The summed E-state index contributed by atoms with van der Waals surface area (Å²) < 4.78 is 11.1. The van der Waals surface area contributed by atoms with Crippen molar-refractivity contribution in [1.29, 1.82) is 0 Å². The number of aromatic nitrogens is 1. The molecule has 5 heteroatoms. The molecule has 0 atom stereocenters. The number of allylic oxidation sites excluding steroid dienone is 2. The summed E-state index contributed by atoms with van der Waals surface area (Å²) in [6.45, 7) is 12.8. The number of fused-ring (bicyclic) bond motifs is 2. The van der Waals surface area contributed by atoms with Crippen LogP contribution in [0.4, 0.5) is 5.82 Å².